The van der Waals surface area contributed by atoms with Crippen molar-refractivity contribution < 1.29 is 0 Å². The van der Waals surface area contributed by atoms with Gasteiger partial charge in [-0.15, -0.1) is 0 Å². The molecule has 1 aliphatic carbocycles. The van der Waals surface area contributed by atoms with Gasteiger partial charge in [-0.2, -0.15) is 0 Å². The lowest BCUT2D eigenvalue weighted by Crippen LogP contribution is -2.21. The van der Waals surface area contributed by atoms with Crippen LogP contribution in [0.4, 0.5) is 0 Å². The van der Waals surface area contributed by atoms with E-state index in [1.807, 2.05) is 0 Å². The zero-order valence-corrected chi connectivity index (χ0v) is 5.59. The van der Waals surface area contributed by atoms with Gasteiger partial charge in [0.15, 0.2) is 0 Å². The highest BCUT2D eigenvalue weighted by atomic mass is 14.9. The molecule has 0 aromatic heterocycles. The van der Waals surface area contributed by atoms with Gasteiger partial charge in [0.25, 0.3) is 0 Å². The van der Waals surface area contributed by atoms with Gasteiger partial charge in [0.05, 0.1) is 0 Å². The maximum absolute atomic E-state index is 4.51. The smallest absolute Gasteiger partial charge is 0.0312 e. The fourth-order valence-electron chi connectivity index (χ4n) is 1.79. The molecule has 1 heterocycles. The second-order valence-corrected chi connectivity index (χ2v) is 2.93. The largest absolute Gasteiger partial charge is 0.238 e. The summed E-state index contributed by atoms with van der Waals surface area (Å²) in [6, 6.07) is 0.704. The van der Waals surface area contributed by atoms with Crippen molar-refractivity contribution in [3.63, 3.8) is 0 Å². The molecule has 2 rings (SSSR count). The highest BCUT2D eigenvalue weighted by Crippen LogP contribution is 2.25. The molecule has 1 radical (unpaired) electrons. The van der Waals surface area contributed by atoms with Crippen LogP contribution in [0.2, 0.25) is 0 Å². The van der Waals surface area contributed by atoms with Crippen LogP contribution in [0.1, 0.15) is 19.3 Å². The SMILES string of the molecule is C1=CC2CC[N]C2CC1. The van der Waals surface area contributed by atoms with E-state index in [1.165, 1.54) is 19.3 Å². The topological polar surface area (TPSA) is 14.1 Å². The lowest BCUT2D eigenvalue weighted by molar-refractivity contribution is 0.468. The number of nitrogens with zero attached hydrogens (tertiary/aromatic N) is 1. The Balaban J connectivity index is 2.10. The van der Waals surface area contributed by atoms with Crippen LogP contribution in [0.25, 0.3) is 0 Å². The zero-order chi connectivity index (χ0) is 6.10. The van der Waals surface area contributed by atoms with Gasteiger partial charge in [0.1, 0.15) is 0 Å². The van der Waals surface area contributed by atoms with Gasteiger partial charge in [0, 0.05) is 12.6 Å². The Morgan fingerprint density at radius 1 is 1.33 bits per heavy atom. The van der Waals surface area contributed by atoms with E-state index < -0.39 is 0 Å². The monoisotopic (exact) mass is 122 g/mol. The van der Waals surface area contributed by atoms with Gasteiger partial charge in [-0.1, -0.05) is 12.2 Å². The molecule has 2 unspecified atom stereocenters. The van der Waals surface area contributed by atoms with Crippen LogP contribution in [0.3, 0.4) is 0 Å². The summed E-state index contributed by atoms with van der Waals surface area (Å²) >= 11 is 0. The summed E-state index contributed by atoms with van der Waals surface area (Å²) in [5.74, 6) is 0.818. The quantitative estimate of drug-likeness (QED) is 0.430. The number of fused-ring (bicyclic) bond motifs is 1. The van der Waals surface area contributed by atoms with E-state index in [0.29, 0.717) is 6.04 Å². The molecule has 1 fully saturated rings. The van der Waals surface area contributed by atoms with Crippen LogP contribution in [-0.2, 0) is 0 Å². The summed E-state index contributed by atoms with van der Waals surface area (Å²) in [6.45, 7) is 1.11. The third-order valence-electron chi connectivity index (χ3n) is 2.33. The first kappa shape index (κ1) is 5.48. The normalized spacial score (nSPS) is 40.9. The van der Waals surface area contributed by atoms with Crippen molar-refractivity contribution in [2.45, 2.75) is 25.3 Å². The van der Waals surface area contributed by atoms with E-state index in [-0.39, 0.29) is 0 Å². The molecule has 1 aliphatic heterocycles. The molecule has 0 bridgehead atoms. The van der Waals surface area contributed by atoms with Crippen molar-refractivity contribution in [1.82, 2.24) is 5.32 Å². The van der Waals surface area contributed by atoms with Gasteiger partial charge in [-0.25, -0.2) is 5.32 Å². The molecule has 0 aromatic rings. The number of rotatable bonds is 0. The first-order chi connectivity index (χ1) is 4.47. The van der Waals surface area contributed by atoms with Crippen LogP contribution in [0, 0.1) is 5.92 Å². The maximum Gasteiger partial charge on any atom is 0.0312 e. The molecule has 1 nitrogen and oxygen atoms in total. The average Bonchev–Trinajstić information content (AvgIpc) is 2.33. The lowest BCUT2D eigenvalue weighted by Gasteiger charge is -2.17. The Bertz CT molecular complexity index is 129. The second-order valence-electron chi connectivity index (χ2n) is 2.93. The van der Waals surface area contributed by atoms with Gasteiger partial charge in [-0.3, -0.25) is 0 Å². The standard InChI is InChI=1S/C8H12N/c1-2-4-8-7(3-1)5-6-9-8/h1,3,7-8H,2,4-6H2. The van der Waals surface area contributed by atoms with Crippen LogP contribution in [-0.4, -0.2) is 12.6 Å². The molecular formula is C8H12N. The van der Waals surface area contributed by atoms with Crippen LogP contribution in [0.15, 0.2) is 12.2 Å². The summed E-state index contributed by atoms with van der Waals surface area (Å²) in [5.41, 5.74) is 0. The molecule has 2 aliphatic rings. The molecule has 1 saturated heterocycles. The predicted molar refractivity (Wildman–Crippen MR) is 37.3 cm³/mol. The van der Waals surface area contributed by atoms with Crippen molar-refractivity contribution in [2.75, 3.05) is 6.54 Å². The van der Waals surface area contributed by atoms with Crippen molar-refractivity contribution >= 4 is 0 Å². The van der Waals surface area contributed by atoms with Crippen molar-refractivity contribution in [3.8, 4) is 0 Å². The fraction of sp³-hybridized carbons (Fsp3) is 0.750. The van der Waals surface area contributed by atoms with E-state index in [0.717, 1.165) is 12.5 Å². The van der Waals surface area contributed by atoms with Crippen LogP contribution < -0.4 is 5.32 Å². The average molecular weight is 122 g/mol. The molecular weight excluding hydrogens is 110 g/mol. The molecule has 9 heavy (non-hydrogen) atoms. The van der Waals surface area contributed by atoms with Gasteiger partial charge >= 0.3 is 0 Å². The van der Waals surface area contributed by atoms with Crippen molar-refractivity contribution in [2.24, 2.45) is 5.92 Å². The molecule has 0 spiro atoms. The number of hydrogen-bond donors (Lipinski definition) is 0. The minimum absolute atomic E-state index is 0.704. The molecule has 0 N–H and O–H groups in total. The Hall–Kier alpha value is -0.300. The molecule has 2 atom stereocenters. The van der Waals surface area contributed by atoms with E-state index in [2.05, 4.69) is 17.5 Å². The summed E-state index contributed by atoms with van der Waals surface area (Å²) < 4.78 is 0. The molecule has 49 valence electrons. The highest BCUT2D eigenvalue weighted by Gasteiger charge is 2.26. The Labute approximate surface area is 56.1 Å². The van der Waals surface area contributed by atoms with Crippen molar-refractivity contribution in [1.29, 1.82) is 0 Å². The van der Waals surface area contributed by atoms with E-state index in [4.69, 9.17) is 0 Å². The number of allylic oxidation sites excluding steroid dienone is 1. The highest BCUT2D eigenvalue weighted by molar-refractivity contribution is 5.02. The minimum Gasteiger partial charge on any atom is -0.238 e. The van der Waals surface area contributed by atoms with Gasteiger partial charge in [-0.05, 0) is 25.2 Å². The first-order valence-electron chi connectivity index (χ1n) is 3.80. The van der Waals surface area contributed by atoms with Gasteiger partial charge in [0.2, 0.25) is 0 Å². The minimum atomic E-state index is 0.704. The van der Waals surface area contributed by atoms with Crippen LogP contribution >= 0.6 is 0 Å². The Kier molecular flexibility index (Phi) is 1.31. The van der Waals surface area contributed by atoms with E-state index >= 15 is 0 Å². The number of hydrogen-bond acceptors (Lipinski definition) is 0. The summed E-state index contributed by atoms with van der Waals surface area (Å²) in [4.78, 5) is 0. The fourth-order valence-corrected chi connectivity index (χ4v) is 1.79. The van der Waals surface area contributed by atoms with E-state index in [9.17, 15) is 0 Å². The Morgan fingerprint density at radius 2 is 2.33 bits per heavy atom. The molecule has 1 heteroatoms. The van der Waals surface area contributed by atoms with Crippen LogP contribution in [0.5, 0.6) is 0 Å². The third-order valence-corrected chi connectivity index (χ3v) is 2.33. The predicted octanol–water partition coefficient (Wildman–Crippen LogP) is 1.33. The molecule has 0 saturated carbocycles. The molecule has 0 aromatic carbocycles. The third kappa shape index (κ3) is 0.897. The Morgan fingerprint density at radius 3 is 3.22 bits per heavy atom. The molecule has 0 amide bonds. The summed E-state index contributed by atoms with van der Waals surface area (Å²) in [5, 5.41) is 4.51. The summed E-state index contributed by atoms with van der Waals surface area (Å²) in [7, 11) is 0. The zero-order valence-electron chi connectivity index (χ0n) is 5.59. The maximum atomic E-state index is 4.51. The second kappa shape index (κ2) is 2.14. The first-order valence-corrected chi connectivity index (χ1v) is 3.80. The van der Waals surface area contributed by atoms with Gasteiger partial charge < -0.3 is 0 Å². The lowest BCUT2D eigenvalue weighted by atomic mass is 9.92. The summed E-state index contributed by atoms with van der Waals surface area (Å²) in [6.07, 6.45) is 8.53. The van der Waals surface area contributed by atoms with Crippen molar-refractivity contribution in [3.05, 3.63) is 12.2 Å². The van der Waals surface area contributed by atoms with E-state index in [1.54, 1.807) is 0 Å².